The highest BCUT2D eigenvalue weighted by Crippen LogP contribution is 2.16. The van der Waals surface area contributed by atoms with Crippen molar-refractivity contribution in [2.45, 2.75) is 13.0 Å². The van der Waals surface area contributed by atoms with Gasteiger partial charge in [-0.2, -0.15) is 5.10 Å². The minimum Gasteiger partial charge on any atom is -0.272 e. The molecule has 0 atom stereocenters. The molecule has 0 aliphatic carbocycles. The molecule has 4 nitrogen and oxygen atoms in total. The van der Waals surface area contributed by atoms with Crippen molar-refractivity contribution in [3.05, 3.63) is 66.0 Å². The third-order valence-corrected chi connectivity index (χ3v) is 3.02. The molecule has 3 rings (SSSR count). The average molecular weight is 251 g/mol. The number of aromatic nitrogens is 1. The second-order valence-electron chi connectivity index (χ2n) is 4.40. The van der Waals surface area contributed by atoms with E-state index in [4.69, 9.17) is 0 Å². The Morgan fingerprint density at radius 2 is 1.95 bits per heavy atom. The predicted octanol–water partition coefficient (Wildman–Crippen LogP) is 2.22. The van der Waals surface area contributed by atoms with Crippen LogP contribution in [-0.2, 0) is 11.3 Å². The standard InChI is InChI=1S/C15H13N3O/c19-15-9-14(13-7-4-8-16-10-13)17-18(15)11-12-5-2-1-3-6-12/h1-8,10H,9,11H2. The van der Waals surface area contributed by atoms with Crippen molar-refractivity contribution in [1.29, 1.82) is 0 Å². The van der Waals surface area contributed by atoms with E-state index in [1.165, 1.54) is 5.01 Å². The summed E-state index contributed by atoms with van der Waals surface area (Å²) in [5.74, 6) is 0.0303. The zero-order chi connectivity index (χ0) is 13.1. The lowest BCUT2D eigenvalue weighted by molar-refractivity contribution is -0.129. The summed E-state index contributed by atoms with van der Waals surface area (Å²) in [6, 6.07) is 13.6. The number of benzene rings is 1. The van der Waals surface area contributed by atoms with Gasteiger partial charge in [0.1, 0.15) is 0 Å². The first kappa shape index (κ1) is 11.6. The van der Waals surface area contributed by atoms with Gasteiger partial charge in [0, 0.05) is 18.0 Å². The first-order chi connectivity index (χ1) is 9.33. The fourth-order valence-electron chi connectivity index (χ4n) is 2.04. The van der Waals surface area contributed by atoms with E-state index in [1.54, 1.807) is 12.4 Å². The van der Waals surface area contributed by atoms with Crippen LogP contribution in [0.25, 0.3) is 0 Å². The third-order valence-electron chi connectivity index (χ3n) is 3.02. The minimum atomic E-state index is 0.0303. The molecule has 0 N–H and O–H groups in total. The number of hydrogen-bond acceptors (Lipinski definition) is 3. The maximum Gasteiger partial charge on any atom is 0.249 e. The van der Waals surface area contributed by atoms with Crippen LogP contribution in [0.15, 0.2) is 60.0 Å². The molecule has 0 bridgehead atoms. The number of hydrazone groups is 1. The fourth-order valence-corrected chi connectivity index (χ4v) is 2.04. The molecule has 94 valence electrons. The number of pyridine rings is 1. The van der Waals surface area contributed by atoms with Crippen molar-refractivity contribution in [3.63, 3.8) is 0 Å². The summed E-state index contributed by atoms with van der Waals surface area (Å²) in [4.78, 5) is 16.0. The van der Waals surface area contributed by atoms with Gasteiger partial charge in [0.2, 0.25) is 5.91 Å². The van der Waals surface area contributed by atoms with E-state index in [1.807, 2.05) is 42.5 Å². The van der Waals surface area contributed by atoms with Gasteiger partial charge in [0.05, 0.1) is 18.7 Å². The van der Waals surface area contributed by atoms with Gasteiger partial charge in [-0.1, -0.05) is 30.3 Å². The van der Waals surface area contributed by atoms with Crippen LogP contribution in [0.2, 0.25) is 0 Å². The molecule has 4 heteroatoms. The summed E-state index contributed by atoms with van der Waals surface area (Å²) >= 11 is 0. The topological polar surface area (TPSA) is 45.6 Å². The van der Waals surface area contributed by atoms with Crippen LogP contribution in [0, 0.1) is 0 Å². The Morgan fingerprint density at radius 3 is 2.68 bits per heavy atom. The molecule has 0 spiro atoms. The quantitative estimate of drug-likeness (QED) is 0.839. The van der Waals surface area contributed by atoms with Gasteiger partial charge in [-0.15, -0.1) is 0 Å². The second kappa shape index (κ2) is 5.02. The normalized spacial score (nSPS) is 14.6. The van der Waals surface area contributed by atoms with Crippen molar-refractivity contribution in [2.24, 2.45) is 5.10 Å². The number of hydrogen-bond donors (Lipinski definition) is 0. The Labute approximate surface area is 111 Å². The average Bonchev–Trinajstić information content (AvgIpc) is 2.82. The molecule has 1 aromatic heterocycles. The van der Waals surface area contributed by atoms with Gasteiger partial charge in [0.15, 0.2) is 0 Å². The van der Waals surface area contributed by atoms with Gasteiger partial charge < -0.3 is 0 Å². The zero-order valence-electron chi connectivity index (χ0n) is 10.4. The zero-order valence-corrected chi connectivity index (χ0v) is 10.4. The molecule has 1 aromatic carbocycles. The molecule has 0 radical (unpaired) electrons. The molecule has 1 aliphatic heterocycles. The Hall–Kier alpha value is -2.49. The highest BCUT2D eigenvalue weighted by molar-refractivity contribution is 6.13. The van der Waals surface area contributed by atoms with Gasteiger partial charge in [-0.3, -0.25) is 9.78 Å². The van der Waals surface area contributed by atoms with Crippen molar-refractivity contribution in [3.8, 4) is 0 Å². The second-order valence-corrected chi connectivity index (χ2v) is 4.40. The van der Waals surface area contributed by atoms with Crippen LogP contribution in [0.4, 0.5) is 0 Å². The molecule has 1 aliphatic rings. The molecule has 2 aromatic rings. The molecule has 0 unspecified atom stereocenters. The van der Waals surface area contributed by atoms with Crippen LogP contribution < -0.4 is 0 Å². The molecule has 0 fully saturated rings. The number of carbonyl (C=O) groups is 1. The summed E-state index contributed by atoms with van der Waals surface area (Å²) in [6.45, 7) is 0.517. The maximum absolute atomic E-state index is 12.0. The molecular formula is C15H13N3O. The fraction of sp³-hybridized carbons (Fsp3) is 0.133. The Morgan fingerprint density at radius 1 is 1.11 bits per heavy atom. The molecular weight excluding hydrogens is 238 g/mol. The number of amides is 1. The SMILES string of the molecule is O=C1CC(c2cccnc2)=NN1Cc1ccccc1. The van der Waals surface area contributed by atoms with E-state index in [9.17, 15) is 4.79 Å². The van der Waals surface area contributed by atoms with E-state index in [0.29, 0.717) is 13.0 Å². The highest BCUT2D eigenvalue weighted by Gasteiger charge is 2.24. The number of carbonyl (C=O) groups excluding carboxylic acids is 1. The third kappa shape index (κ3) is 2.52. The van der Waals surface area contributed by atoms with Crippen LogP contribution in [0.3, 0.4) is 0 Å². The Bertz CT molecular complexity index is 608. The van der Waals surface area contributed by atoms with Crippen LogP contribution in [0.1, 0.15) is 17.5 Å². The molecule has 0 saturated heterocycles. The van der Waals surface area contributed by atoms with E-state index in [-0.39, 0.29) is 5.91 Å². The van der Waals surface area contributed by atoms with E-state index in [0.717, 1.165) is 16.8 Å². The van der Waals surface area contributed by atoms with Crippen molar-refractivity contribution < 1.29 is 4.79 Å². The lowest BCUT2D eigenvalue weighted by Gasteiger charge is -2.11. The van der Waals surface area contributed by atoms with E-state index >= 15 is 0 Å². The summed E-state index contributed by atoms with van der Waals surface area (Å²) in [5, 5.41) is 5.92. The largest absolute Gasteiger partial charge is 0.272 e. The summed E-state index contributed by atoms with van der Waals surface area (Å²) < 4.78 is 0. The van der Waals surface area contributed by atoms with Gasteiger partial charge >= 0.3 is 0 Å². The lowest BCUT2D eigenvalue weighted by atomic mass is 10.1. The minimum absolute atomic E-state index is 0.0303. The molecule has 19 heavy (non-hydrogen) atoms. The maximum atomic E-state index is 12.0. The monoisotopic (exact) mass is 251 g/mol. The van der Waals surface area contributed by atoms with Gasteiger partial charge in [-0.05, 0) is 17.7 Å². The molecule has 0 saturated carbocycles. The van der Waals surface area contributed by atoms with Crippen molar-refractivity contribution in [2.75, 3.05) is 0 Å². The number of nitrogens with zero attached hydrogens (tertiary/aromatic N) is 3. The number of rotatable bonds is 3. The van der Waals surface area contributed by atoms with Crippen LogP contribution >= 0.6 is 0 Å². The first-order valence-corrected chi connectivity index (χ1v) is 6.15. The molecule has 2 heterocycles. The Kier molecular flexibility index (Phi) is 3.06. The van der Waals surface area contributed by atoms with Gasteiger partial charge in [0.25, 0.3) is 0 Å². The van der Waals surface area contributed by atoms with E-state index < -0.39 is 0 Å². The predicted molar refractivity (Wildman–Crippen MR) is 72.4 cm³/mol. The first-order valence-electron chi connectivity index (χ1n) is 6.15. The lowest BCUT2D eigenvalue weighted by Crippen LogP contribution is -2.19. The van der Waals surface area contributed by atoms with E-state index in [2.05, 4.69) is 10.1 Å². The molecule has 1 amide bonds. The van der Waals surface area contributed by atoms with Crippen LogP contribution in [-0.4, -0.2) is 21.6 Å². The van der Waals surface area contributed by atoms with Gasteiger partial charge in [-0.25, -0.2) is 5.01 Å². The van der Waals surface area contributed by atoms with Crippen molar-refractivity contribution in [1.82, 2.24) is 9.99 Å². The summed E-state index contributed by atoms with van der Waals surface area (Å²) in [5.41, 5.74) is 2.77. The van der Waals surface area contributed by atoms with Crippen LogP contribution in [0.5, 0.6) is 0 Å². The Balaban J connectivity index is 1.80. The summed E-state index contributed by atoms with van der Waals surface area (Å²) in [6.07, 6.45) is 3.79. The summed E-state index contributed by atoms with van der Waals surface area (Å²) in [7, 11) is 0. The highest BCUT2D eigenvalue weighted by atomic mass is 16.2. The smallest absolute Gasteiger partial charge is 0.249 e. The van der Waals surface area contributed by atoms with Crippen molar-refractivity contribution >= 4 is 11.6 Å².